The van der Waals surface area contributed by atoms with E-state index < -0.39 is 47.3 Å². The van der Waals surface area contributed by atoms with E-state index in [0.717, 1.165) is 22.1 Å². The van der Waals surface area contributed by atoms with Crippen LogP contribution in [0.15, 0.2) is 94.1 Å². The van der Waals surface area contributed by atoms with Crippen molar-refractivity contribution in [3.8, 4) is 0 Å². The third-order valence-corrected chi connectivity index (χ3v) is 7.54. The smallest absolute Gasteiger partial charge is 0.408 e. The van der Waals surface area contributed by atoms with Gasteiger partial charge >= 0.3 is 17.8 Å². The molecule has 1 aromatic heterocycles. The van der Waals surface area contributed by atoms with Crippen LogP contribution in [-0.2, 0) is 32.1 Å². The Hall–Kier alpha value is -5.65. The molecule has 50 heavy (non-hydrogen) atoms. The van der Waals surface area contributed by atoms with Crippen molar-refractivity contribution in [3.05, 3.63) is 112 Å². The monoisotopic (exact) mass is 684 g/mol. The summed E-state index contributed by atoms with van der Waals surface area (Å²) in [5.41, 5.74) is 1.83. The maximum atomic E-state index is 13.8. The molecular formula is C38H44N4O8. The molecule has 0 saturated carbocycles. The number of carbonyl (C=O) groups excluding carboxylic acids is 4. The Bertz CT molecular complexity index is 1820. The Morgan fingerprint density at radius 2 is 1.46 bits per heavy atom. The summed E-state index contributed by atoms with van der Waals surface area (Å²) in [6.45, 7) is 7.41. The van der Waals surface area contributed by atoms with Crippen LogP contribution < -0.4 is 26.9 Å². The van der Waals surface area contributed by atoms with Gasteiger partial charge in [-0.05, 0) is 75.8 Å². The molecule has 4 rings (SSSR count). The maximum absolute atomic E-state index is 13.8. The molecule has 264 valence electrons. The van der Waals surface area contributed by atoms with Crippen molar-refractivity contribution >= 4 is 40.7 Å². The lowest BCUT2D eigenvalue weighted by molar-refractivity contribution is -0.128. The number of ether oxygens (including phenoxy) is 2. The minimum Gasteiger partial charge on any atom is -0.445 e. The van der Waals surface area contributed by atoms with Gasteiger partial charge in [0.15, 0.2) is 0 Å². The number of carbonyl (C=O) groups is 4. The minimum absolute atomic E-state index is 0.0140. The van der Waals surface area contributed by atoms with E-state index in [4.69, 9.17) is 13.9 Å². The standard InChI is InChI=1S/C38H44N4O8/c1-25-21-33(43)49-32-23-28(18-19-29(25)32)40-34(44)30(17-11-12-20-39-36(46)50-38(2,3)4)41-35(45)31(22-26-13-7-5-8-14-26)42-37(47)48-24-27-15-9-6-10-16-27/h5-10,13-16,18-19,21,23,30-31H,11-12,17,20,22,24H2,1-4H3,(H,39,46)(H,40,44)(H,41,45)(H,42,47)/t30-,31-/m0/s1. The predicted molar refractivity (Wildman–Crippen MR) is 190 cm³/mol. The molecule has 0 unspecified atom stereocenters. The number of benzene rings is 3. The highest BCUT2D eigenvalue weighted by atomic mass is 16.6. The van der Waals surface area contributed by atoms with Gasteiger partial charge in [0.05, 0.1) is 0 Å². The van der Waals surface area contributed by atoms with E-state index in [-0.39, 0.29) is 19.4 Å². The van der Waals surface area contributed by atoms with Gasteiger partial charge in [0, 0.05) is 36.2 Å². The van der Waals surface area contributed by atoms with Crippen molar-refractivity contribution in [1.29, 1.82) is 0 Å². The third kappa shape index (κ3) is 12.1. The summed E-state index contributed by atoms with van der Waals surface area (Å²) < 4.78 is 16.0. The van der Waals surface area contributed by atoms with Crippen LogP contribution in [0.5, 0.6) is 0 Å². The second-order valence-corrected chi connectivity index (χ2v) is 12.9. The molecule has 12 heteroatoms. The summed E-state index contributed by atoms with van der Waals surface area (Å²) in [5.74, 6) is -1.10. The molecule has 12 nitrogen and oxygen atoms in total. The quantitative estimate of drug-likeness (QED) is 0.0962. The van der Waals surface area contributed by atoms with E-state index in [2.05, 4.69) is 21.3 Å². The lowest BCUT2D eigenvalue weighted by atomic mass is 10.0. The van der Waals surface area contributed by atoms with Crippen molar-refractivity contribution in [2.75, 3.05) is 11.9 Å². The SMILES string of the molecule is Cc1cc(=O)oc2cc(NC(=O)[C@H](CCCCNC(=O)OC(C)(C)C)NC(=O)[C@H](Cc3ccccc3)NC(=O)OCc3ccccc3)ccc12. The molecule has 0 fully saturated rings. The molecule has 0 spiro atoms. The van der Waals surface area contributed by atoms with Crippen molar-refractivity contribution in [3.63, 3.8) is 0 Å². The van der Waals surface area contributed by atoms with Gasteiger partial charge in [-0.3, -0.25) is 9.59 Å². The molecule has 4 aromatic rings. The maximum Gasteiger partial charge on any atom is 0.408 e. The average molecular weight is 685 g/mol. The zero-order valence-electron chi connectivity index (χ0n) is 28.7. The van der Waals surface area contributed by atoms with Crippen molar-refractivity contribution < 1.29 is 33.1 Å². The van der Waals surface area contributed by atoms with Gasteiger partial charge in [-0.2, -0.15) is 0 Å². The molecule has 1 heterocycles. The fraction of sp³-hybridized carbons (Fsp3) is 0.342. The molecule has 4 amide bonds. The van der Waals surface area contributed by atoms with E-state index in [9.17, 15) is 24.0 Å². The minimum atomic E-state index is -1.07. The van der Waals surface area contributed by atoms with Crippen LogP contribution in [0.25, 0.3) is 11.0 Å². The summed E-state index contributed by atoms with van der Waals surface area (Å²) in [5, 5.41) is 11.7. The van der Waals surface area contributed by atoms with E-state index in [1.165, 1.54) is 6.07 Å². The van der Waals surface area contributed by atoms with Crippen LogP contribution in [0, 0.1) is 6.92 Å². The van der Waals surface area contributed by atoms with Gasteiger partial charge in [0.25, 0.3) is 0 Å². The Kier molecular flexibility index (Phi) is 13.1. The van der Waals surface area contributed by atoms with E-state index >= 15 is 0 Å². The zero-order chi connectivity index (χ0) is 36.1. The molecular weight excluding hydrogens is 640 g/mol. The number of amides is 4. The highest BCUT2D eigenvalue weighted by Gasteiger charge is 2.28. The number of aryl methyl sites for hydroxylation is 1. The van der Waals surface area contributed by atoms with E-state index in [0.29, 0.717) is 30.7 Å². The first-order chi connectivity index (χ1) is 23.9. The lowest BCUT2D eigenvalue weighted by Gasteiger charge is -2.23. The van der Waals surface area contributed by atoms with Crippen LogP contribution in [0.4, 0.5) is 15.3 Å². The van der Waals surface area contributed by atoms with Crippen LogP contribution in [0.3, 0.4) is 0 Å². The number of nitrogens with one attached hydrogen (secondary N) is 4. The fourth-order valence-electron chi connectivity index (χ4n) is 5.12. The number of fused-ring (bicyclic) bond motifs is 1. The number of hydrogen-bond acceptors (Lipinski definition) is 8. The molecule has 0 saturated heterocycles. The Morgan fingerprint density at radius 1 is 0.780 bits per heavy atom. The molecule has 4 N–H and O–H groups in total. The molecule has 0 radical (unpaired) electrons. The number of unbranched alkanes of at least 4 members (excludes halogenated alkanes) is 1. The largest absolute Gasteiger partial charge is 0.445 e. The zero-order valence-corrected chi connectivity index (χ0v) is 28.7. The van der Waals surface area contributed by atoms with Gasteiger partial charge in [0.2, 0.25) is 11.8 Å². The molecule has 0 aliphatic carbocycles. The number of rotatable bonds is 14. The predicted octanol–water partition coefficient (Wildman–Crippen LogP) is 5.76. The Morgan fingerprint density at radius 3 is 2.14 bits per heavy atom. The summed E-state index contributed by atoms with van der Waals surface area (Å²) >= 11 is 0. The Balaban J connectivity index is 1.48. The van der Waals surface area contributed by atoms with Gasteiger partial charge in [-0.1, -0.05) is 60.7 Å². The van der Waals surface area contributed by atoms with Crippen molar-refractivity contribution in [2.45, 2.75) is 77.7 Å². The summed E-state index contributed by atoms with van der Waals surface area (Å²) in [6.07, 6.45) is -0.0256. The molecule has 0 aliphatic heterocycles. The van der Waals surface area contributed by atoms with Crippen molar-refractivity contribution in [2.24, 2.45) is 0 Å². The normalized spacial score (nSPS) is 12.3. The topological polar surface area (TPSA) is 165 Å². The van der Waals surface area contributed by atoms with Crippen molar-refractivity contribution in [1.82, 2.24) is 16.0 Å². The highest BCUT2D eigenvalue weighted by molar-refractivity contribution is 5.99. The number of hydrogen-bond donors (Lipinski definition) is 4. The van der Waals surface area contributed by atoms with E-state index in [1.807, 2.05) is 60.7 Å². The van der Waals surface area contributed by atoms with Gasteiger partial charge in [0.1, 0.15) is 29.9 Å². The first-order valence-corrected chi connectivity index (χ1v) is 16.5. The summed E-state index contributed by atoms with van der Waals surface area (Å²) in [7, 11) is 0. The van der Waals surface area contributed by atoms with Crippen LogP contribution in [-0.4, -0.2) is 48.2 Å². The highest BCUT2D eigenvalue weighted by Crippen LogP contribution is 2.21. The van der Waals surface area contributed by atoms with Gasteiger partial charge in [-0.25, -0.2) is 14.4 Å². The number of alkyl carbamates (subject to hydrolysis) is 2. The molecule has 3 aromatic carbocycles. The van der Waals surface area contributed by atoms with E-state index in [1.54, 1.807) is 45.9 Å². The Labute approximate surface area is 290 Å². The third-order valence-electron chi connectivity index (χ3n) is 7.54. The van der Waals surface area contributed by atoms with Gasteiger partial charge < -0.3 is 35.2 Å². The lowest BCUT2D eigenvalue weighted by Crippen LogP contribution is -2.53. The second-order valence-electron chi connectivity index (χ2n) is 12.9. The molecule has 0 aliphatic rings. The first-order valence-electron chi connectivity index (χ1n) is 16.5. The second kappa shape index (κ2) is 17.7. The molecule has 0 bridgehead atoms. The molecule has 2 atom stereocenters. The van der Waals surface area contributed by atoms with Crippen LogP contribution >= 0.6 is 0 Å². The first kappa shape index (κ1) is 37.2. The van der Waals surface area contributed by atoms with Crippen LogP contribution in [0.1, 0.15) is 56.7 Å². The average Bonchev–Trinajstić information content (AvgIpc) is 3.06. The van der Waals surface area contributed by atoms with Crippen LogP contribution in [0.2, 0.25) is 0 Å². The fourth-order valence-corrected chi connectivity index (χ4v) is 5.12. The summed E-state index contributed by atoms with van der Waals surface area (Å²) in [6, 6.07) is 22.6. The van der Waals surface area contributed by atoms with Gasteiger partial charge in [-0.15, -0.1) is 0 Å². The summed E-state index contributed by atoms with van der Waals surface area (Å²) in [4.78, 5) is 64.4. The number of anilines is 1.